The average molecular weight is 351 g/mol. The fourth-order valence-corrected chi connectivity index (χ4v) is 2.39. The highest BCUT2D eigenvalue weighted by atomic mass is 79.9. The first-order valence-electron chi connectivity index (χ1n) is 4.85. The monoisotopic (exact) mass is 349 g/mol. The first-order chi connectivity index (χ1) is 7.52. The van der Waals surface area contributed by atoms with Crippen LogP contribution in [0.25, 0.3) is 4.48 Å². The highest BCUT2D eigenvalue weighted by Gasteiger charge is 2.19. The second kappa shape index (κ2) is 5.68. The van der Waals surface area contributed by atoms with Gasteiger partial charge in [-0.3, -0.25) is 0 Å². The third-order valence-electron chi connectivity index (χ3n) is 2.25. The summed E-state index contributed by atoms with van der Waals surface area (Å²) in [5.41, 5.74) is 3.32. The summed E-state index contributed by atoms with van der Waals surface area (Å²) in [6.45, 7) is 5.98. The molecule has 0 saturated carbocycles. The maximum absolute atomic E-state index is 11.6. The minimum absolute atomic E-state index is 0.316. The van der Waals surface area contributed by atoms with E-state index >= 15 is 0 Å². The van der Waals surface area contributed by atoms with E-state index in [-0.39, 0.29) is 5.97 Å². The summed E-state index contributed by atoms with van der Waals surface area (Å²) in [6.07, 6.45) is 0. The van der Waals surface area contributed by atoms with Gasteiger partial charge in [0.25, 0.3) is 0 Å². The third kappa shape index (κ3) is 2.58. The molecule has 0 radical (unpaired) electrons. The van der Waals surface area contributed by atoms with Crippen LogP contribution in [0.1, 0.15) is 34.2 Å². The number of H-pyrrole nitrogens is 1. The van der Waals surface area contributed by atoms with Gasteiger partial charge in [-0.05, 0) is 47.2 Å². The smallest absolute Gasteiger partial charge is 0.355 e. The van der Waals surface area contributed by atoms with E-state index in [4.69, 9.17) is 4.74 Å². The molecule has 0 fully saturated rings. The Hall–Kier alpha value is -0.550. The first-order valence-corrected chi connectivity index (χ1v) is 6.56. The van der Waals surface area contributed by atoms with E-state index in [1.807, 2.05) is 13.8 Å². The summed E-state index contributed by atoms with van der Waals surface area (Å²) in [6, 6.07) is 0. The van der Waals surface area contributed by atoms with E-state index < -0.39 is 0 Å². The zero-order valence-corrected chi connectivity index (χ0v) is 12.5. The molecule has 0 amide bonds. The Balaban J connectivity index is 3.21. The fourth-order valence-electron chi connectivity index (χ4n) is 1.57. The number of aromatic nitrogens is 1. The first kappa shape index (κ1) is 13.5. The van der Waals surface area contributed by atoms with Gasteiger partial charge in [0.15, 0.2) is 0 Å². The van der Waals surface area contributed by atoms with Gasteiger partial charge in [-0.2, -0.15) is 0 Å². The Bertz CT molecular complexity index is 435. The molecule has 88 valence electrons. The van der Waals surface area contributed by atoms with Crippen LogP contribution in [0.5, 0.6) is 0 Å². The summed E-state index contributed by atoms with van der Waals surface area (Å²) in [5.74, 6) is -0.316. The highest BCUT2D eigenvalue weighted by Crippen LogP contribution is 2.30. The van der Waals surface area contributed by atoms with Gasteiger partial charge >= 0.3 is 5.97 Å². The number of aromatic amines is 1. The van der Waals surface area contributed by atoms with Crippen LogP contribution in [-0.4, -0.2) is 17.6 Å². The van der Waals surface area contributed by atoms with Crippen molar-refractivity contribution in [2.45, 2.75) is 20.8 Å². The summed E-state index contributed by atoms with van der Waals surface area (Å²) in [7, 11) is 0. The summed E-state index contributed by atoms with van der Waals surface area (Å²) in [4.78, 5) is 16.5. The molecule has 0 spiro atoms. The second-order valence-corrected chi connectivity index (χ2v) is 4.61. The molecular weight excluding hydrogens is 338 g/mol. The molecule has 1 aromatic heterocycles. The number of rotatable bonds is 3. The van der Waals surface area contributed by atoms with E-state index in [2.05, 4.69) is 36.8 Å². The Labute approximate surface area is 112 Å². The maximum atomic E-state index is 11.6. The van der Waals surface area contributed by atoms with Crippen molar-refractivity contribution in [2.24, 2.45) is 0 Å². The van der Waals surface area contributed by atoms with Gasteiger partial charge in [0, 0.05) is 15.7 Å². The second-order valence-electron chi connectivity index (χ2n) is 3.30. The maximum Gasteiger partial charge on any atom is 0.355 e. The Morgan fingerprint density at radius 3 is 2.62 bits per heavy atom. The van der Waals surface area contributed by atoms with Crippen LogP contribution in [0, 0.1) is 13.8 Å². The Kier molecular flexibility index (Phi) is 4.80. The van der Waals surface area contributed by atoms with Crippen molar-refractivity contribution in [3.63, 3.8) is 0 Å². The predicted octanol–water partition coefficient (Wildman–Crippen LogP) is 3.90. The van der Waals surface area contributed by atoms with Gasteiger partial charge in [-0.15, -0.1) is 0 Å². The van der Waals surface area contributed by atoms with Gasteiger partial charge in [0.2, 0.25) is 0 Å². The van der Waals surface area contributed by atoms with Crippen molar-refractivity contribution in [1.29, 1.82) is 0 Å². The van der Waals surface area contributed by atoms with Crippen molar-refractivity contribution in [1.82, 2.24) is 4.98 Å². The van der Waals surface area contributed by atoms with E-state index in [9.17, 15) is 4.79 Å². The molecule has 3 nitrogen and oxygen atoms in total. The number of nitrogens with one attached hydrogen (secondary N) is 1. The standard InChI is InChI=1S/C11H13Br2NO2/c1-4-16-11(15)10-6(2)9(7(3)14-10)8(13)5-12/h5,14H,4H2,1-3H3. The van der Waals surface area contributed by atoms with Crippen LogP contribution >= 0.6 is 31.9 Å². The number of esters is 1. The lowest BCUT2D eigenvalue weighted by Crippen LogP contribution is -2.06. The minimum Gasteiger partial charge on any atom is -0.461 e. The van der Waals surface area contributed by atoms with E-state index in [1.165, 1.54) is 0 Å². The molecule has 1 rings (SSSR count). The number of aryl methyl sites for hydroxylation is 1. The molecule has 16 heavy (non-hydrogen) atoms. The zero-order valence-electron chi connectivity index (χ0n) is 9.36. The van der Waals surface area contributed by atoms with Gasteiger partial charge in [-0.1, -0.05) is 15.9 Å². The minimum atomic E-state index is -0.316. The quantitative estimate of drug-likeness (QED) is 0.840. The van der Waals surface area contributed by atoms with Crippen molar-refractivity contribution >= 4 is 42.3 Å². The molecule has 0 aromatic carbocycles. The van der Waals surface area contributed by atoms with Crippen LogP contribution < -0.4 is 0 Å². The summed E-state index contributed by atoms with van der Waals surface area (Å²) in [5, 5.41) is 0. The number of hydrogen-bond donors (Lipinski definition) is 1. The van der Waals surface area contributed by atoms with Crippen LogP contribution in [0.3, 0.4) is 0 Å². The van der Waals surface area contributed by atoms with Crippen LogP contribution in [0.15, 0.2) is 4.99 Å². The molecule has 0 atom stereocenters. The van der Waals surface area contributed by atoms with Gasteiger partial charge in [-0.25, -0.2) is 4.79 Å². The molecule has 0 aliphatic carbocycles. The lowest BCUT2D eigenvalue weighted by molar-refractivity contribution is 0.0519. The summed E-state index contributed by atoms with van der Waals surface area (Å²) >= 11 is 6.69. The SMILES string of the molecule is CCOC(=O)c1[nH]c(C)c(C(Br)=CBr)c1C. The average Bonchev–Trinajstić information content (AvgIpc) is 2.54. The number of halogens is 2. The van der Waals surface area contributed by atoms with Crippen molar-refractivity contribution < 1.29 is 9.53 Å². The van der Waals surface area contributed by atoms with Crippen molar-refractivity contribution in [2.75, 3.05) is 6.61 Å². The van der Waals surface area contributed by atoms with Gasteiger partial charge < -0.3 is 9.72 Å². The topological polar surface area (TPSA) is 42.1 Å². The van der Waals surface area contributed by atoms with Gasteiger partial charge in [0.05, 0.1) is 6.61 Å². The molecule has 5 heteroatoms. The molecule has 0 aliphatic heterocycles. The molecule has 1 heterocycles. The number of carbonyl (C=O) groups excluding carboxylic acids is 1. The molecule has 1 aromatic rings. The predicted molar refractivity (Wildman–Crippen MR) is 72.1 cm³/mol. The highest BCUT2D eigenvalue weighted by molar-refractivity contribution is 9.16. The molecular formula is C11H13Br2NO2. The molecule has 0 aliphatic rings. The van der Waals surface area contributed by atoms with Crippen LogP contribution in [0.4, 0.5) is 0 Å². The van der Waals surface area contributed by atoms with Gasteiger partial charge in [0.1, 0.15) is 5.69 Å². The fraction of sp³-hybridized carbons (Fsp3) is 0.364. The lowest BCUT2D eigenvalue weighted by Gasteiger charge is -2.01. The molecule has 0 saturated heterocycles. The summed E-state index contributed by atoms with van der Waals surface area (Å²) < 4.78 is 5.87. The number of carbonyl (C=O) groups is 1. The van der Waals surface area contributed by atoms with E-state index in [1.54, 1.807) is 11.9 Å². The lowest BCUT2D eigenvalue weighted by atomic mass is 10.1. The van der Waals surface area contributed by atoms with E-state index in [0.29, 0.717) is 12.3 Å². The largest absolute Gasteiger partial charge is 0.461 e. The van der Waals surface area contributed by atoms with E-state index in [0.717, 1.165) is 21.3 Å². The van der Waals surface area contributed by atoms with Crippen LogP contribution in [0.2, 0.25) is 0 Å². The van der Waals surface area contributed by atoms with Crippen molar-refractivity contribution in [3.05, 3.63) is 27.5 Å². The molecule has 1 N–H and O–H groups in total. The zero-order chi connectivity index (χ0) is 12.3. The molecule has 0 bridgehead atoms. The Morgan fingerprint density at radius 1 is 1.50 bits per heavy atom. The van der Waals surface area contributed by atoms with Crippen molar-refractivity contribution in [3.8, 4) is 0 Å². The van der Waals surface area contributed by atoms with Crippen LogP contribution in [-0.2, 0) is 4.74 Å². The third-order valence-corrected chi connectivity index (χ3v) is 3.95. The Morgan fingerprint density at radius 2 is 2.12 bits per heavy atom. The number of hydrogen-bond acceptors (Lipinski definition) is 2. The number of ether oxygens (including phenoxy) is 1. The normalized spacial score (nSPS) is 11.7. The molecule has 0 unspecified atom stereocenters.